The Hall–Kier alpha value is -2.73. The molecule has 0 unspecified atom stereocenters. The van der Waals surface area contributed by atoms with Gasteiger partial charge < -0.3 is 15.5 Å². The summed E-state index contributed by atoms with van der Waals surface area (Å²) in [6, 6.07) is 12.7. The molecular formula is C24H30FN5. The maximum Gasteiger partial charge on any atom is 0.157 e. The summed E-state index contributed by atoms with van der Waals surface area (Å²) >= 11 is 0. The molecule has 3 aromatic rings. The molecule has 6 heteroatoms. The molecule has 2 atom stereocenters. The van der Waals surface area contributed by atoms with Crippen molar-refractivity contribution in [1.29, 1.82) is 0 Å². The number of rotatable bonds is 4. The number of fused-ring (bicyclic) bond motifs is 1. The minimum absolute atomic E-state index is 0.0892. The zero-order chi connectivity index (χ0) is 21.3. The van der Waals surface area contributed by atoms with Crippen LogP contribution in [0.2, 0.25) is 0 Å². The molecule has 0 aliphatic carbocycles. The second kappa shape index (κ2) is 8.56. The van der Waals surface area contributed by atoms with E-state index in [-0.39, 0.29) is 6.04 Å². The molecule has 2 aromatic carbocycles. The normalized spacial score (nSPS) is 18.3. The second-order valence-corrected chi connectivity index (χ2v) is 8.27. The third kappa shape index (κ3) is 4.10. The van der Waals surface area contributed by atoms with E-state index in [9.17, 15) is 4.39 Å². The van der Waals surface area contributed by atoms with Crippen LogP contribution < -0.4 is 15.5 Å². The number of alkyl halides is 1. The Morgan fingerprint density at radius 3 is 2.80 bits per heavy atom. The quantitative estimate of drug-likeness (QED) is 0.668. The lowest BCUT2D eigenvalue weighted by molar-refractivity contribution is 0.337. The highest BCUT2D eigenvalue weighted by atomic mass is 19.1. The van der Waals surface area contributed by atoms with Crippen LogP contribution in [0.5, 0.6) is 0 Å². The Kier molecular flexibility index (Phi) is 5.86. The molecule has 158 valence electrons. The molecular weight excluding hydrogens is 377 g/mol. The fourth-order valence-corrected chi connectivity index (χ4v) is 4.21. The van der Waals surface area contributed by atoms with Gasteiger partial charge >= 0.3 is 0 Å². The van der Waals surface area contributed by atoms with Crippen LogP contribution in [-0.2, 0) is 0 Å². The summed E-state index contributed by atoms with van der Waals surface area (Å²) in [5.74, 6) is 0.760. The number of hydrogen-bond acceptors (Lipinski definition) is 5. The smallest absolute Gasteiger partial charge is 0.157 e. The molecule has 2 heterocycles. The maximum atomic E-state index is 14.1. The third-order valence-corrected chi connectivity index (χ3v) is 6.12. The summed E-state index contributed by atoms with van der Waals surface area (Å²) in [5, 5.41) is 17.7. The molecule has 2 N–H and O–H groups in total. The van der Waals surface area contributed by atoms with Gasteiger partial charge in [0.2, 0.25) is 0 Å². The number of hydrogen-bond donors (Lipinski definition) is 2. The van der Waals surface area contributed by atoms with Gasteiger partial charge in [-0.15, -0.1) is 5.10 Å². The van der Waals surface area contributed by atoms with E-state index >= 15 is 0 Å². The third-order valence-electron chi connectivity index (χ3n) is 6.12. The van der Waals surface area contributed by atoms with Crippen LogP contribution >= 0.6 is 0 Å². The van der Waals surface area contributed by atoms with E-state index in [2.05, 4.69) is 82.9 Å². The molecule has 30 heavy (non-hydrogen) atoms. The molecule has 1 fully saturated rings. The van der Waals surface area contributed by atoms with Crippen molar-refractivity contribution in [3.63, 3.8) is 0 Å². The number of halogens is 1. The summed E-state index contributed by atoms with van der Waals surface area (Å²) < 4.78 is 14.1. The first-order valence-electron chi connectivity index (χ1n) is 10.6. The van der Waals surface area contributed by atoms with Crippen molar-refractivity contribution in [3.05, 3.63) is 58.8 Å². The summed E-state index contributed by atoms with van der Waals surface area (Å²) in [7, 11) is 0. The molecule has 1 aliphatic rings. The van der Waals surface area contributed by atoms with Gasteiger partial charge in [0.15, 0.2) is 5.82 Å². The largest absolute Gasteiger partial charge is 0.367 e. The van der Waals surface area contributed by atoms with Crippen molar-refractivity contribution in [1.82, 2.24) is 15.5 Å². The van der Waals surface area contributed by atoms with Crippen LogP contribution in [0, 0.1) is 20.8 Å². The van der Waals surface area contributed by atoms with Crippen LogP contribution in [0.1, 0.15) is 35.3 Å². The molecule has 0 spiro atoms. The zero-order valence-corrected chi connectivity index (χ0v) is 18.2. The van der Waals surface area contributed by atoms with Crippen LogP contribution in [-0.4, -0.2) is 42.5 Å². The van der Waals surface area contributed by atoms with Crippen molar-refractivity contribution >= 4 is 22.3 Å². The van der Waals surface area contributed by atoms with E-state index in [1.165, 1.54) is 16.7 Å². The van der Waals surface area contributed by atoms with E-state index in [1.807, 2.05) is 6.92 Å². The van der Waals surface area contributed by atoms with Crippen LogP contribution in [0.25, 0.3) is 10.8 Å². The second-order valence-electron chi connectivity index (χ2n) is 8.27. The lowest BCUT2D eigenvalue weighted by atomic mass is 9.98. The van der Waals surface area contributed by atoms with Gasteiger partial charge in [-0.3, -0.25) is 0 Å². The van der Waals surface area contributed by atoms with Gasteiger partial charge in [-0.1, -0.05) is 24.3 Å². The standard InChI is InChI=1S/C24H30FN5/c1-15-6-5-7-21(16(15)2)17(3)27-24-23-12-20(8-9-22(23)18(4)28-29-24)30-11-10-26-13-19(25)14-30/h5-9,12,17,19,26H,10-11,13-14H2,1-4H3,(H,27,29)/t17-,19+/m1/s1. The van der Waals surface area contributed by atoms with Crippen molar-refractivity contribution in [2.75, 3.05) is 36.4 Å². The maximum absolute atomic E-state index is 14.1. The number of benzene rings is 2. The average Bonchev–Trinajstić information content (AvgIpc) is 2.96. The summed E-state index contributed by atoms with van der Waals surface area (Å²) in [6.45, 7) is 10.8. The Bertz CT molecular complexity index is 1050. The van der Waals surface area contributed by atoms with Gasteiger partial charge in [-0.05, 0) is 56.5 Å². The Morgan fingerprint density at radius 2 is 1.97 bits per heavy atom. The van der Waals surface area contributed by atoms with Gasteiger partial charge in [-0.25, -0.2) is 4.39 Å². The monoisotopic (exact) mass is 407 g/mol. The van der Waals surface area contributed by atoms with E-state index in [1.54, 1.807) is 0 Å². The number of anilines is 2. The topological polar surface area (TPSA) is 53.1 Å². The van der Waals surface area contributed by atoms with Gasteiger partial charge in [0.1, 0.15) is 6.17 Å². The minimum Gasteiger partial charge on any atom is -0.367 e. The van der Waals surface area contributed by atoms with E-state index in [4.69, 9.17) is 0 Å². The SMILES string of the molecule is Cc1cccc([C@@H](C)Nc2nnc(C)c3ccc(N4CCNC[C@H](F)C4)cc23)c1C. The molecule has 0 amide bonds. The Morgan fingerprint density at radius 1 is 1.13 bits per heavy atom. The van der Waals surface area contributed by atoms with Crippen molar-refractivity contribution in [2.45, 2.75) is 39.9 Å². The molecule has 0 bridgehead atoms. The molecule has 5 nitrogen and oxygen atoms in total. The predicted octanol–water partition coefficient (Wildman–Crippen LogP) is 4.48. The molecule has 1 aliphatic heterocycles. The molecule has 1 aromatic heterocycles. The fourth-order valence-electron chi connectivity index (χ4n) is 4.21. The first-order valence-corrected chi connectivity index (χ1v) is 10.6. The van der Waals surface area contributed by atoms with E-state index in [0.717, 1.165) is 41.1 Å². The van der Waals surface area contributed by atoms with Gasteiger partial charge in [0.05, 0.1) is 18.3 Å². The Balaban J connectivity index is 1.70. The molecule has 1 saturated heterocycles. The molecule has 0 radical (unpaired) electrons. The molecule has 0 saturated carbocycles. The summed E-state index contributed by atoms with van der Waals surface area (Å²) in [6.07, 6.45) is -0.873. The highest BCUT2D eigenvalue weighted by molar-refractivity contribution is 5.95. The zero-order valence-electron chi connectivity index (χ0n) is 18.2. The number of aromatic nitrogens is 2. The number of nitrogens with one attached hydrogen (secondary N) is 2. The van der Waals surface area contributed by atoms with Crippen LogP contribution in [0.3, 0.4) is 0 Å². The number of nitrogens with zero attached hydrogens (tertiary/aromatic N) is 3. The Labute approximate surface area is 177 Å². The fraction of sp³-hybridized carbons (Fsp3) is 0.417. The highest BCUT2D eigenvalue weighted by Crippen LogP contribution is 2.31. The van der Waals surface area contributed by atoms with Crippen LogP contribution in [0.4, 0.5) is 15.9 Å². The van der Waals surface area contributed by atoms with Crippen molar-refractivity contribution in [3.8, 4) is 0 Å². The van der Waals surface area contributed by atoms with Gasteiger partial charge in [0, 0.05) is 36.1 Å². The van der Waals surface area contributed by atoms with Gasteiger partial charge in [0.25, 0.3) is 0 Å². The predicted molar refractivity (Wildman–Crippen MR) is 122 cm³/mol. The van der Waals surface area contributed by atoms with Crippen molar-refractivity contribution < 1.29 is 4.39 Å². The average molecular weight is 408 g/mol. The summed E-state index contributed by atoms with van der Waals surface area (Å²) in [4.78, 5) is 2.11. The lowest BCUT2D eigenvalue weighted by Gasteiger charge is -2.24. The van der Waals surface area contributed by atoms with E-state index in [0.29, 0.717) is 13.1 Å². The molecule has 4 rings (SSSR count). The van der Waals surface area contributed by atoms with Crippen LogP contribution in [0.15, 0.2) is 36.4 Å². The first kappa shape index (κ1) is 20.5. The minimum atomic E-state index is -0.873. The number of aryl methyl sites for hydroxylation is 2. The first-order chi connectivity index (χ1) is 14.4. The van der Waals surface area contributed by atoms with Crippen molar-refractivity contribution in [2.24, 2.45) is 0 Å². The lowest BCUT2D eigenvalue weighted by Crippen LogP contribution is -2.30. The summed E-state index contributed by atoms with van der Waals surface area (Å²) in [5.41, 5.74) is 5.72. The van der Waals surface area contributed by atoms with E-state index < -0.39 is 6.17 Å². The van der Waals surface area contributed by atoms with Gasteiger partial charge in [-0.2, -0.15) is 5.10 Å². The highest BCUT2D eigenvalue weighted by Gasteiger charge is 2.19.